The number of allylic oxidation sites excluding steroid dienone is 1. The van der Waals surface area contributed by atoms with Crippen molar-refractivity contribution in [3.05, 3.63) is 58.9 Å². The first kappa shape index (κ1) is 25.0. The molecule has 198 valence electrons. The van der Waals surface area contributed by atoms with Crippen LogP contribution in [0.1, 0.15) is 52.5 Å². The van der Waals surface area contributed by atoms with E-state index < -0.39 is 41.1 Å². The molecular formula is C30H36FNO5. The first-order valence-electron chi connectivity index (χ1n) is 13.4. The van der Waals surface area contributed by atoms with Gasteiger partial charge in [0, 0.05) is 5.92 Å². The number of hydrogen-bond donors (Lipinski definition) is 4. The second-order valence-corrected chi connectivity index (χ2v) is 12.9. The molecular weight excluding hydrogens is 473 g/mol. The van der Waals surface area contributed by atoms with Crippen LogP contribution in [0.25, 0.3) is 0 Å². The van der Waals surface area contributed by atoms with Crippen LogP contribution in [0.5, 0.6) is 0 Å². The lowest BCUT2D eigenvalue weighted by molar-refractivity contribution is -0.172. The molecule has 0 radical (unpaired) electrons. The summed E-state index contributed by atoms with van der Waals surface area (Å²) < 4.78 is 13.5. The highest BCUT2D eigenvalue weighted by Crippen LogP contribution is 2.71. The molecule has 8 atom stereocenters. The second-order valence-electron chi connectivity index (χ2n) is 12.9. The summed E-state index contributed by atoms with van der Waals surface area (Å²) in [5.74, 6) is -1.28. The Morgan fingerprint density at radius 2 is 1.84 bits per heavy atom. The molecule has 3 fully saturated rings. The molecule has 0 aromatic heterocycles. The van der Waals surface area contributed by atoms with E-state index in [1.165, 1.54) is 12.1 Å². The number of benzene rings is 1. The van der Waals surface area contributed by atoms with Crippen LogP contribution in [0.2, 0.25) is 0 Å². The van der Waals surface area contributed by atoms with E-state index in [1.807, 2.05) is 6.92 Å². The zero-order valence-electron chi connectivity index (χ0n) is 21.8. The molecule has 0 unspecified atom stereocenters. The number of amides is 1. The predicted molar refractivity (Wildman–Crippen MR) is 135 cm³/mol. The number of hydrogen-bond acceptors (Lipinski definition) is 5. The molecule has 5 aliphatic rings. The number of aliphatic hydroxyl groups is 3. The van der Waals surface area contributed by atoms with E-state index in [1.54, 1.807) is 31.2 Å². The van der Waals surface area contributed by atoms with Crippen LogP contribution in [0, 0.1) is 40.3 Å². The highest BCUT2D eigenvalue weighted by atomic mass is 19.1. The average Bonchev–Trinajstić information content (AvgIpc) is 3.74. The lowest BCUT2D eigenvalue weighted by atomic mass is 9.58. The van der Waals surface area contributed by atoms with Gasteiger partial charge in [-0.15, -0.1) is 0 Å². The van der Waals surface area contributed by atoms with E-state index in [-0.39, 0.29) is 40.3 Å². The summed E-state index contributed by atoms with van der Waals surface area (Å²) in [5, 5.41) is 37.5. The fourth-order valence-electron chi connectivity index (χ4n) is 8.49. The quantitative estimate of drug-likeness (QED) is 0.467. The Morgan fingerprint density at radius 1 is 1.19 bits per heavy atom. The van der Waals surface area contributed by atoms with Crippen molar-refractivity contribution in [3.63, 3.8) is 0 Å². The number of carbonyl (C=O) groups excluding carboxylic acids is 2. The maximum atomic E-state index is 14.4. The standard InChI is InChI=1S/C30H36FNO5/c1-15-13-29-16(2)11-21-22(27(21,3)4)20(25(29)35)12-17(14-33)24(34)30(29,37)23(15)32-26(36)28(9-10-28)18-5-7-19(31)8-6-18/h5-8,12-13,16,20-24,33-34,37H,9-11,14H2,1-4H3,(H,32,36)/t16-,20+,21-,22+,23+,24-,29+,30-/m1/s1. The highest BCUT2D eigenvalue weighted by Gasteiger charge is 2.76. The number of halogens is 1. The van der Waals surface area contributed by atoms with Crippen molar-refractivity contribution >= 4 is 11.7 Å². The largest absolute Gasteiger partial charge is 0.392 e. The van der Waals surface area contributed by atoms with Gasteiger partial charge in [0.1, 0.15) is 17.5 Å². The Hall–Kier alpha value is -2.35. The van der Waals surface area contributed by atoms with Crippen molar-refractivity contribution in [1.29, 1.82) is 0 Å². The molecule has 1 aromatic carbocycles. The van der Waals surface area contributed by atoms with E-state index >= 15 is 0 Å². The summed E-state index contributed by atoms with van der Waals surface area (Å²) in [7, 11) is 0. The topological polar surface area (TPSA) is 107 Å². The number of carbonyl (C=O) groups is 2. The minimum Gasteiger partial charge on any atom is -0.392 e. The molecule has 4 N–H and O–H groups in total. The third-order valence-electron chi connectivity index (χ3n) is 10.8. The van der Waals surface area contributed by atoms with Crippen LogP contribution < -0.4 is 5.32 Å². The molecule has 1 amide bonds. The van der Waals surface area contributed by atoms with Gasteiger partial charge < -0.3 is 20.6 Å². The molecule has 0 saturated heterocycles. The van der Waals surface area contributed by atoms with E-state index in [0.717, 1.165) is 6.42 Å². The summed E-state index contributed by atoms with van der Waals surface area (Å²) in [5.41, 5.74) is -2.78. The van der Waals surface area contributed by atoms with Gasteiger partial charge in [-0.25, -0.2) is 4.39 Å². The van der Waals surface area contributed by atoms with Crippen LogP contribution in [0.3, 0.4) is 0 Å². The van der Waals surface area contributed by atoms with Crippen LogP contribution in [-0.2, 0) is 15.0 Å². The Morgan fingerprint density at radius 3 is 2.43 bits per heavy atom. The van der Waals surface area contributed by atoms with Gasteiger partial charge in [-0.3, -0.25) is 9.59 Å². The van der Waals surface area contributed by atoms with Crippen molar-refractivity contribution in [2.24, 2.45) is 34.5 Å². The van der Waals surface area contributed by atoms with E-state index in [9.17, 15) is 29.3 Å². The first-order valence-corrected chi connectivity index (χ1v) is 13.4. The minimum atomic E-state index is -2.05. The van der Waals surface area contributed by atoms with Crippen molar-refractivity contribution in [3.8, 4) is 0 Å². The number of nitrogens with one attached hydrogen (secondary N) is 1. The SMILES string of the molecule is CC1=C[C@]23C(=O)[C@@H](C=C(CO)[C@@H](O)[C@]2(O)[C@H]1NC(=O)C1(c2ccc(F)cc2)CC1)[C@H]1[C@@H](C[C@H]3C)C1(C)C. The third kappa shape index (κ3) is 2.96. The van der Waals surface area contributed by atoms with Crippen molar-refractivity contribution in [2.45, 2.75) is 70.1 Å². The van der Waals surface area contributed by atoms with E-state index in [4.69, 9.17) is 0 Å². The molecule has 1 aromatic rings. The highest BCUT2D eigenvalue weighted by molar-refractivity contribution is 5.96. The molecule has 3 saturated carbocycles. The van der Waals surface area contributed by atoms with Crippen LogP contribution >= 0.6 is 0 Å². The average molecular weight is 510 g/mol. The maximum absolute atomic E-state index is 14.4. The zero-order valence-corrected chi connectivity index (χ0v) is 21.8. The lowest BCUT2D eigenvalue weighted by Gasteiger charge is -2.49. The molecule has 0 heterocycles. The predicted octanol–water partition coefficient (Wildman–Crippen LogP) is 2.81. The minimum absolute atomic E-state index is 0.0425. The number of aliphatic hydroxyl groups excluding tert-OH is 2. The monoisotopic (exact) mass is 509 g/mol. The summed E-state index contributed by atoms with van der Waals surface area (Å²) in [6.45, 7) is 7.56. The van der Waals surface area contributed by atoms with Crippen molar-refractivity contribution < 1.29 is 29.3 Å². The molecule has 5 aliphatic carbocycles. The molecule has 0 aliphatic heterocycles. The van der Waals surface area contributed by atoms with E-state index in [0.29, 0.717) is 29.9 Å². The Kier molecular flexibility index (Phi) is 5.13. The maximum Gasteiger partial charge on any atom is 0.231 e. The van der Waals surface area contributed by atoms with E-state index in [2.05, 4.69) is 19.2 Å². The lowest BCUT2D eigenvalue weighted by Crippen LogP contribution is -2.69. The normalized spacial score (nSPS) is 42.4. The van der Waals surface area contributed by atoms with Gasteiger partial charge in [-0.05, 0) is 72.6 Å². The number of rotatable bonds is 4. The summed E-state index contributed by atoms with van der Waals surface area (Å²) in [4.78, 5) is 28.2. The third-order valence-corrected chi connectivity index (χ3v) is 10.8. The molecule has 6 rings (SSSR count). The zero-order chi connectivity index (χ0) is 26.7. The number of ketones is 1. The summed E-state index contributed by atoms with van der Waals surface area (Å²) in [6.07, 6.45) is 3.85. The molecule has 7 heteroatoms. The van der Waals surface area contributed by atoms with Gasteiger partial charge in [0.2, 0.25) is 5.91 Å². The van der Waals surface area contributed by atoms with Gasteiger partial charge in [0.15, 0.2) is 5.78 Å². The fourth-order valence-corrected chi connectivity index (χ4v) is 8.49. The number of Topliss-reactive ketones (excluding diaryl/α,β-unsaturated/α-hetero) is 1. The summed E-state index contributed by atoms with van der Waals surface area (Å²) >= 11 is 0. The molecule has 6 nitrogen and oxygen atoms in total. The summed E-state index contributed by atoms with van der Waals surface area (Å²) in [6, 6.07) is 4.86. The van der Waals surface area contributed by atoms with Crippen molar-refractivity contribution in [1.82, 2.24) is 5.32 Å². The van der Waals surface area contributed by atoms with Crippen LogP contribution in [0.4, 0.5) is 4.39 Å². The van der Waals surface area contributed by atoms with Gasteiger partial charge in [-0.1, -0.05) is 50.6 Å². The molecule has 1 spiro atoms. The Bertz CT molecular complexity index is 1250. The number of fused-ring (bicyclic) bond motifs is 3. The Labute approximate surface area is 216 Å². The van der Waals surface area contributed by atoms with Gasteiger partial charge in [0.25, 0.3) is 0 Å². The molecule has 2 bridgehead atoms. The Balaban J connectivity index is 1.43. The van der Waals surface area contributed by atoms with Crippen LogP contribution in [-0.4, -0.2) is 51.4 Å². The van der Waals surface area contributed by atoms with Crippen molar-refractivity contribution in [2.75, 3.05) is 6.61 Å². The molecule has 37 heavy (non-hydrogen) atoms. The van der Waals surface area contributed by atoms with Gasteiger partial charge >= 0.3 is 0 Å². The van der Waals surface area contributed by atoms with Crippen LogP contribution in [0.15, 0.2) is 47.6 Å². The fraction of sp³-hybridized carbons (Fsp3) is 0.600. The van der Waals surface area contributed by atoms with Gasteiger partial charge in [0.05, 0.1) is 23.5 Å². The van der Waals surface area contributed by atoms with Gasteiger partial charge in [-0.2, -0.15) is 0 Å². The smallest absolute Gasteiger partial charge is 0.231 e. The second kappa shape index (κ2) is 7.61. The first-order chi connectivity index (χ1) is 17.4.